The van der Waals surface area contributed by atoms with Gasteiger partial charge in [-0.1, -0.05) is 37.3 Å². The summed E-state index contributed by atoms with van der Waals surface area (Å²) >= 11 is 0. The Morgan fingerprint density at radius 2 is 1.54 bits per heavy atom. The second-order valence-electron chi connectivity index (χ2n) is 6.26. The molecule has 0 aliphatic heterocycles. The lowest BCUT2D eigenvalue weighted by Crippen LogP contribution is -2.01. The van der Waals surface area contributed by atoms with Gasteiger partial charge in [0.05, 0.1) is 6.61 Å². The number of halogens is 3. The average Bonchev–Trinajstić information content (AvgIpc) is 2.70. The molecule has 0 bridgehead atoms. The molecule has 3 rings (SSSR count). The van der Waals surface area contributed by atoms with Crippen molar-refractivity contribution in [3.63, 3.8) is 0 Å². The van der Waals surface area contributed by atoms with E-state index in [1.807, 2.05) is 6.92 Å². The zero-order valence-corrected chi connectivity index (χ0v) is 15.8. The number of hydrogen-bond donors (Lipinski definition) is 0. The maximum atomic E-state index is 14.3. The van der Waals surface area contributed by atoms with E-state index in [-0.39, 0.29) is 18.2 Å². The highest BCUT2D eigenvalue weighted by Gasteiger charge is 2.13. The minimum Gasteiger partial charge on any atom is -0.494 e. The molecule has 0 fully saturated rings. The summed E-state index contributed by atoms with van der Waals surface area (Å²) in [4.78, 5) is 0. The van der Waals surface area contributed by atoms with Crippen molar-refractivity contribution >= 4 is 0 Å². The lowest BCUT2D eigenvalue weighted by molar-refractivity contribution is 0.284. The van der Waals surface area contributed by atoms with Crippen molar-refractivity contribution in [2.24, 2.45) is 0 Å². The van der Waals surface area contributed by atoms with Crippen molar-refractivity contribution in [1.29, 1.82) is 0 Å². The molecule has 0 amide bonds. The summed E-state index contributed by atoms with van der Waals surface area (Å²) in [5.74, 6) is -1.87. The van der Waals surface area contributed by atoms with Crippen LogP contribution in [0.1, 0.15) is 25.0 Å². The molecule has 146 valence electrons. The van der Waals surface area contributed by atoms with Gasteiger partial charge in [0.15, 0.2) is 11.6 Å². The first kappa shape index (κ1) is 19.8. The molecule has 0 N–H and O–H groups in total. The monoisotopic (exact) mass is 386 g/mol. The maximum Gasteiger partial charge on any atom is 0.200 e. The van der Waals surface area contributed by atoms with E-state index in [4.69, 9.17) is 9.47 Å². The molecule has 0 spiro atoms. The van der Waals surface area contributed by atoms with E-state index >= 15 is 0 Å². The Morgan fingerprint density at radius 3 is 2.18 bits per heavy atom. The third kappa shape index (κ3) is 4.30. The largest absolute Gasteiger partial charge is 0.494 e. The van der Waals surface area contributed by atoms with E-state index in [9.17, 15) is 13.2 Å². The normalized spacial score (nSPS) is 10.8. The van der Waals surface area contributed by atoms with E-state index in [0.29, 0.717) is 35.5 Å². The zero-order chi connectivity index (χ0) is 20.1. The summed E-state index contributed by atoms with van der Waals surface area (Å²) < 4.78 is 52.9. The predicted molar refractivity (Wildman–Crippen MR) is 103 cm³/mol. The molecule has 2 nitrogen and oxygen atoms in total. The van der Waals surface area contributed by atoms with Gasteiger partial charge in [0.25, 0.3) is 0 Å². The van der Waals surface area contributed by atoms with Crippen LogP contribution in [0.15, 0.2) is 54.6 Å². The first-order chi connectivity index (χ1) is 13.5. The second-order valence-corrected chi connectivity index (χ2v) is 6.26. The molecular weight excluding hydrogens is 365 g/mol. The fraction of sp³-hybridized carbons (Fsp3) is 0.217. The Kier molecular flexibility index (Phi) is 6.24. The number of ether oxygens (including phenoxy) is 2. The molecule has 0 saturated heterocycles. The Bertz CT molecular complexity index is 953. The molecule has 0 saturated carbocycles. The van der Waals surface area contributed by atoms with Gasteiger partial charge in [-0.15, -0.1) is 0 Å². The van der Waals surface area contributed by atoms with Crippen LogP contribution in [0.5, 0.6) is 11.5 Å². The highest BCUT2D eigenvalue weighted by molar-refractivity contribution is 5.65. The van der Waals surface area contributed by atoms with Crippen molar-refractivity contribution in [2.45, 2.75) is 26.9 Å². The smallest absolute Gasteiger partial charge is 0.200 e. The first-order valence-corrected chi connectivity index (χ1v) is 9.14. The molecule has 0 heterocycles. The molecule has 0 aliphatic carbocycles. The van der Waals surface area contributed by atoms with Crippen LogP contribution in [0.4, 0.5) is 13.2 Å². The average molecular weight is 386 g/mol. The Morgan fingerprint density at radius 1 is 0.786 bits per heavy atom. The van der Waals surface area contributed by atoms with Gasteiger partial charge < -0.3 is 9.47 Å². The van der Waals surface area contributed by atoms with E-state index in [1.54, 1.807) is 43.3 Å². The minimum absolute atomic E-state index is 0.0773. The summed E-state index contributed by atoms with van der Waals surface area (Å²) in [6.45, 7) is 4.14. The standard InChI is InChI=1S/C23H21F3O2/c1-3-16-9-12-21(23(26)22(16)25)28-14-15-5-7-17(8-6-15)19-11-10-18(27-4-2)13-20(19)24/h5-13H,3-4,14H2,1-2H3. The number of rotatable bonds is 7. The van der Waals surface area contributed by atoms with E-state index in [0.717, 1.165) is 5.56 Å². The topological polar surface area (TPSA) is 18.5 Å². The summed E-state index contributed by atoms with van der Waals surface area (Å²) in [6.07, 6.45) is 0.409. The van der Waals surface area contributed by atoms with E-state index < -0.39 is 11.6 Å². The van der Waals surface area contributed by atoms with Gasteiger partial charge in [-0.2, -0.15) is 4.39 Å². The molecule has 28 heavy (non-hydrogen) atoms. The van der Waals surface area contributed by atoms with E-state index in [2.05, 4.69) is 0 Å². The summed E-state index contributed by atoms with van der Waals surface area (Å²) in [7, 11) is 0. The van der Waals surface area contributed by atoms with Gasteiger partial charge in [-0.25, -0.2) is 8.78 Å². The molecule has 0 unspecified atom stereocenters. The molecule has 0 atom stereocenters. The summed E-state index contributed by atoms with van der Waals surface area (Å²) in [5, 5.41) is 0. The van der Waals surface area contributed by atoms with Crippen LogP contribution < -0.4 is 9.47 Å². The van der Waals surface area contributed by atoms with Crippen molar-refractivity contribution in [3.8, 4) is 22.6 Å². The van der Waals surface area contributed by atoms with Crippen molar-refractivity contribution < 1.29 is 22.6 Å². The summed E-state index contributed by atoms with van der Waals surface area (Å²) in [6, 6.07) is 14.7. The lowest BCUT2D eigenvalue weighted by atomic mass is 10.0. The van der Waals surface area contributed by atoms with Crippen LogP contribution in [0, 0.1) is 17.5 Å². The third-order valence-electron chi connectivity index (χ3n) is 4.42. The molecular formula is C23H21F3O2. The number of aryl methyl sites for hydroxylation is 1. The highest BCUT2D eigenvalue weighted by Crippen LogP contribution is 2.27. The highest BCUT2D eigenvalue weighted by atomic mass is 19.2. The van der Waals surface area contributed by atoms with Crippen LogP contribution in [0.3, 0.4) is 0 Å². The zero-order valence-electron chi connectivity index (χ0n) is 15.8. The molecule has 3 aromatic carbocycles. The fourth-order valence-corrected chi connectivity index (χ4v) is 2.88. The number of hydrogen-bond acceptors (Lipinski definition) is 2. The van der Waals surface area contributed by atoms with Crippen LogP contribution in [-0.4, -0.2) is 6.61 Å². The van der Waals surface area contributed by atoms with Crippen molar-refractivity contribution in [1.82, 2.24) is 0 Å². The van der Waals surface area contributed by atoms with Gasteiger partial charge in [-0.3, -0.25) is 0 Å². The molecule has 0 aromatic heterocycles. The molecule has 0 radical (unpaired) electrons. The minimum atomic E-state index is -0.979. The second kappa shape index (κ2) is 8.83. The quantitative estimate of drug-likeness (QED) is 0.474. The first-order valence-electron chi connectivity index (χ1n) is 9.14. The van der Waals surface area contributed by atoms with Gasteiger partial charge in [-0.05, 0) is 48.2 Å². The van der Waals surface area contributed by atoms with Crippen molar-refractivity contribution in [2.75, 3.05) is 6.61 Å². The van der Waals surface area contributed by atoms with Gasteiger partial charge >= 0.3 is 0 Å². The predicted octanol–water partition coefficient (Wildman–Crippen LogP) is 6.31. The summed E-state index contributed by atoms with van der Waals surface area (Å²) in [5.41, 5.74) is 2.23. The molecule has 5 heteroatoms. The molecule has 3 aromatic rings. The van der Waals surface area contributed by atoms with Crippen LogP contribution in [0.25, 0.3) is 11.1 Å². The third-order valence-corrected chi connectivity index (χ3v) is 4.42. The fourth-order valence-electron chi connectivity index (χ4n) is 2.88. The van der Waals surface area contributed by atoms with Crippen LogP contribution in [-0.2, 0) is 13.0 Å². The van der Waals surface area contributed by atoms with Crippen LogP contribution >= 0.6 is 0 Å². The Labute approximate surface area is 162 Å². The molecule has 0 aliphatic rings. The number of benzene rings is 3. The Hall–Kier alpha value is -2.95. The SMILES string of the molecule is CCOc1ccc(-c2ccc(COc3ccc(CC)c(F)c3F)cc2)c(F)c1. The Balaban J connectivity index is 1.71. The van der Waals surface area contributed by atoms with E-state index in [1.165, 1.54) is 18.2 Å². The van der Waals surface area contributed by atoms with Gasteiger partial charge in [0.1, 0.15) is 18.2 Å². The van der Waals surface area contributed by atoms with Crippen molar-refractivity contribution in [3.05, 3.63) is 83.2 Å². The van der Waals surface area contributed by atoms with Gasteiger partial charge in [0.2, 0.25) is 5.82 Å². The maximum absolute atomic E-state index is 14.3. The van der Waals surface area contributed by atoms with Gasteiger partial charge in [0, 0.05) is 11.6 Å². The van der Waals surface area contributed by atoms with Crippen LogP contribution in [0.2, 0.25) is 0 Å². The lowest BCUT2D eigenvalue weighted by Gasteiger charge is -2.11.